The molecule has 0 saturated carbocycles. The van der Waals surface area contributed by atoms with Gasteiger partial charge in [0.1, 0.15) is 17.9 Å². The molecule has 3 rings (SSSR count). The number of carbonyl (C=O) groups is 1. The number of nitrogen functional groups attached to an aromatic ring is 1. The number of methoxy groups -OCH3 is 1. The highest BCUT2D eigenvalue weighted by Gasteiger charge is 2.20. The van der Waals surface area contributed by atoms with Gasteiger partial charge >= 0.3 is 0 Å². The normalized spacial score (nSPS) is 12.3. The zero-order chi connectivity index (χ0) is 18.0. The van der Waals surface area contributed by atoms with Crippen molar-refractivity contribution in [3.8, 4) is 0 Å². The number of halogens is 1. The van der Waals surface area contributed by atoms with Gasteiger partial charge in [-0.15, -0.1) is 0 Å². The number of rotatable bonds is 5. The largest absolute Gasteiger partial charge is 0.382 e. The van der Waals surface area contributed by atoms with Crippen molar-refractivity contribution >= 4 is 40.2 Å². The van der Waals surface area contributed by atoms with Gasteiger partial charge in [0.25, 0.3) is 0 Å². The number of benzene rings is 1. The van der Waals surface area contributed by atoms with Gasteiger partial charge in [-0.1, -0.05) is 11.6 Å². The number of fused-ring (bicyclic) bond motifs is 1. The summed E-state index contributed by atoms with van der Waals surface area (Å²) in [7, 11) is 1.58. The summed E-state index contributed by atoms with van der Waals surface area (Å²) in [5, 5.41) is 3.46. The maximum Gasteiger partial charge on any atom is 0.247 e. The minimum Gasteiger partial charge on any atom is -0.382 e. The van der Waals surface area contributed by atoms with Crippen LogP contribution in [0.5, 0.6) is 0 Å². The molecule has 3 aromatic rings. The third-order valence-corrected chi connectivity index (χ3v) is 4.04. The molecule has 0 aliphatic heterocycles. The maximum atomic E-state index is 12.7. The Morgan fingerprint density at radius 2 is 2.20 bits per heavy atom. The highest BCUT2D eigenvalue weighted by molar-refractivity contribution is 6.30. The van der Waals surface area contributed by atoms with Crippen LogP contribution in [0.1, 0.15) is 18.5 Å². The molecule has 0 saturated heterocycles. The van der Waals surface area contributed by atoms with E-state index in [4.69, 9.17) is 22.1 Å². The molecule has 0 spiro atoms. The number of imidazole rings is 1. The first-order valence-electron chi connectivity index (χ1n) is 7.52. The lowest BCUT2D eigenvalue weighted by atomic mass is 10.1. The molecule has 130 valence electrons. The van der Waals surface area contributed by atoms with E-state index in [1.807, 2.05) is 0 Å². The molecule has 3 N–H and O–H groups in total. The van der Waals surface area contributed by atoms with Gasteiger partial charge in [-0.2, -0.15) is 0 Å². The Morgan fingerprint density at radius 1 is 1.40 bits per heavy atom. The van der Waals surface area contributed by atoms with Crippen LogP contribution in [-0.2, 0) is 16.1 Å². The Hall–Kier alpha value is -2.71. The molecular weight excluding hydrogens is 344 g/mol. The lowest BCUT2D eigenvalue weighted by molar-refractivity contribution is -0.118. The number of anilines is 2. The van der Waals surface area contributed by atoms with E-state index in [1.54, 1.807) is 36.8 Å². The summed E-state index contributed by atoms with van der Waals surface area (Å²) in [6.07, 6.45) is 2.87. The van der Waals surface area contributed by atoms with Crippen molar-refractivity contribution < 1.29 is 9.53 Å². The standard InChI is InChI=1S/C16H17ClN6O2/c1-9(23-8-21-13-14(18)19-7-20-15(13)23)16(24)22-12-4-3-11(17)5-10(12)6-25-2/h3-5,7-9H,6H2,1-2H3,(H,22,24)(H2,18,19,20). The van der Waals surface area contributed by atoms with E-state index in [0.717, 1.165) is 5.56 Å². The lowest BCUT2D eigenvalue weighted by Crippen LogP contribution is -2.24. The molecule has 25 heavy (non-hydrogen) atoms. The Kier molecular flexibility index (Phi) is 4.82. The van der Waals surface area contributed by atoms with Crippen LogP contribution in [-0.4, -0.2) is 32.5 Å². The predicted octanol–water partition coefficient (Wildman–Crippen LogP) is 2.41. The van der Waals surface area contributed by atoms with Gasteiger partial charge in [-0.05, 0) is 25.1 Å². The fourth-order valence-corrected chi connectivity index (χ4v) is 2.67. The second-order valence-corrected chi connectivity index (χ2v) is 5.92. The molecule has 1 amide bonds. The average molecular weight is 361 g/mol. The monoisotopic (exact) mass is 360 g/mol. The van der Waals surface area contributed by atoms with Crippen molar-refractivity contribution in [1.82, 2.24) is 19.5 Å². The summed E-state index contributed by atoms with van der Waals surface area (Å²) in [4.78, 5) is 24.9. The fourth-order valence-electron chi connectivity index (χ4n) is 2.48. The zero-order valence-corrected chi connectivity index (χ0v) is 14.5. The smallest absolute Gasteiger partial charge is 0.247 e. The molecule has 9 heteroatoms. The van der Waals surface area contributed by atoms with Crippen LogP contribution < -0.4 is 11.1 Å². The first-order valence-corrected chi connectivity index (χ1v) is 7.90. The predicted molar refractivity (Wildman–Crippen MR) is 95.2 cm³/mol. The zero-order valence-electron chi connectivity index (χ0n) is 13.7. The summed E-state index contributed by atoms with van der Waals surface area (Å²) >= 11 is 6.01. The summed E-state index contributed by atoms with van der Waals surface area (Å²) in [5.74, 6) is 0.0487. The van der Waals surface area contributed by atoms with E-state index in [2.05, 4.69) is 20.3 Å². The molecule has 0 aliphatic rings. The topological polar surface area (TPSA) is 108 Å². The minimum absolute atomic E-state index is 0.226. The van der Waals surface area contributed by atoms with Gasteiger partial charge in [0.05, 0.1) is 12.9 Å². The highest BCUT2D eigenvalue weighted by atomic mass is 35.5. The number of nitrogens with zero attached hydrogens (tertiary/aromatic N) is 4. The van der Waals surface area contributed by atoms with Crippen molar-refractivity contribution in [2.45, 2.75) is 19.6 Å². The van der Waals surface area contributed by atoms with E-state index in [1.165, 1.54) is 12.7 Å². The number of aromatic nitrogens is 4. The highest BCUT2D eigenvalue weighted by Crippen LogP contribution is 2.24. The molecule has 0 bridgehead atoms. The first-order chi connectivity index (χ1) is 12.0. The molecule has 1 aromatic carbocycles. The van der Waals surface area contributed by atoms with Crippen molar-refractivity contribution in [3.63, 3.8) is 0 Å². The van der Waals surface area contributed by atoms with Crippen molar-refractivity contribution in [2.24, 2.45) is 0 Å². The lowest BCUT2D eigenvalue weighted by Gasteiger charge is -2.16. The molecule has 1 atom stereocenters. The van der Waals surface area contributed by atoms with Crippen LogP contribution >= 0.6 is 11.6 Å². The third kappa shape index (κ3) is 3.40. The average Bonchev–Trinajstić information content (AvgIpc) is 3.02. The Morgan fingerprint density at radius 3 is 2.96 bits per heavy atom. The van der Waals surface area contributed by atoms with Gasteiger partial charge < -0.3 is 20.4 Å². The van der Waals surface area contributed by atoms with Crippen molar-refractivity contribution in [2.75, 3.05) is 18.2 Å². The molecule has 1 unspecified atom stereocenters. The van der Waals surface area contributed by atoms with E-state index >= 15 is 0 Å². The molecular formula is C16H17ClN6O2. The van der Waals surface area contributed by atoms with Gasteiger partial charge in [0.2, 0.25) is 5.91 Å². The second kappa shape index (κ2) is 7.04. The summed E-state index contributed by atoms with van der Waals surface area (Å²) in [5.41, 5.74) is 8.18. The molecule has 2 heterocycles. The summed E-state index contributed by atoms with van der Waals surface area (Å²) < 4.78 is 6.80. The van der Waals surface area contributed by atoms with E-state index in [9.17, 15) is 4.79 Å². The molecule has 0 radical (unpaired) electrons. The molecule has 0 aliphatic carbocycles. The number of carbonyl (C=O) groups excluding carboxylic acids is 1. The molecule has 0 fully saturated rings. The fraction of sp³-hybridized carbons (Fsp3) is 0.250. The van der Waals surface area contributed by atoms with Crippen LogP contribution in [0.15, 0.2) is 30.9 Å². The third-order valence-electron chi connectivity index (χ3n) is 3.81. The Labute approximate surface area is 149 Å². The number of amides is 1. The molecule has 2 aromatic heterocycles. The number of hydrogen-bond donors (Lipinski definition) is 2. The summed E-state index contributed by atoms with van der Waals surface area (Å²) in [6, 6.07) is 4.66. The van der Waals surface area contributed by atoms with Crippen LogP contribution in [0, 0.1) is 0 Å². The van der Waals surface area contributed by atoms with E-state index in [0.29, 0.717) is 28.5 Å². The van der Waals surface area contributed by atoms with Crippen molar-refractivity contribution in [3.05, 3.63) is 41.4 Å². The second-order valence-electron chi connectivity index (χ2n) is 5.48. The van der Waals surface area contributed by atoms with E-state index in [-0.39, 0.29) is 11.7 Å². The van der Waals surface area contributed by atoms with E-state index < -0.39 is 6.04 Å². The quantitative estimate of drug-likeness (QED) is 0.723. The van der Waals surface area contributed by atoms with Gasteiger partial charge in [-0.3, -0.25) is 4.79 Å². The van der Waals surface area contributed by atoms with Gasteiger partial charge in [0, 0.05) is 23.4 Å². The van der Waals surface area contributed by atoms with Crippen molar-refractivity contribution in [1.29, 1.82) is 0 Å². The number of nitrogens with one attached hydrogen (secondary N) is 1. The number of nitrogens with two attached hydrogens (primary N) is 1. The summed E-state index contributed by atoms with van der Waals surface area (Å²) in [6.45, 7) is 2.09. The number of hydrogen-bond acceptors (Lipinski definition) is 6. The SMILES string of the molecule is COCc1cc(Cl)ccc1NC(=O)C(C)n1cnc2c(N)ncnc21. The van der Waals surface area contributed by atoms with Crippen LogP contribution in [0.2, 0.25) is 5.02 Å². The van der Waals surface area contributed by atoms with Crippen LogP contribution in [0.4, 0.5) is 11.5 Å². The number of ether oxygens (including phenoxy) is 1. The van der Waals surface area contributed by atoms with Gasteiger partial charge in [0.15, 0.2) is 11.5 Å². The Bertz CT molecular complexity index is 926. The minimum atomic E-state index is -0.551. The molecule has 8 nitrogen and oxygen atoms in total. The van der Waals surface area contributed by atoms with Gasteiger partial charge in [-0.25, -0.2) is 15.0 Å². The van der Waals surface area contributed by atoms with Crippen LogP contribution in [0.25, 0.3) is 11.2 Å². The van der Waals surface area contributed by atoms with Crippen LogP contribution in [0.3, 0.4) is 0 Å². The first kappa shape index (κ1) is 17.1. The maximum absolute atomic E-state index is 12.7. The Balaban J connectivity index is 1.87.